The van der Waals surface area contributed by atoms with Crippen LogP contribution in [0.1, 0.15) is 11.1 Å². The zero-order valence-corrected chi connectivity index (χ0v) is 12.3. The van der Waals surface area contributed by atoms with Crippen LogP contribution in [0.4, 0.5) is 0 Å². The van der Waals surface area contributed by atoms with E-state index in [-0.39, 0.29) is 0 Å². The summed E-state index contributed by atoms with van der Waals surface area (Å²) in [7, 11) is 5.89. The van der Waals surface area contributed by atoms with E-state index < -0.39 is 4.88 Å². The van der Waals surface area contributed by atoms with Crippen molar-refractivity contribution < 1.29 is 5.11 Å². The molecule has 1 aromatic carbocycles. The minimum absolute atomic E-state index is 0.349. The summed E-state index contributed by atoms with van der Waals surface area (Å²) >= 11 is 2.22. The summed E-state index contributed by atoms with van der Waals surface area (Å²) in [5, 5.41) is 14.2. The predicted octanol–water partition coefficient (Wildman–Crippen LogP) is 1.29. The van der Waals surface area contributed by atoms with Gasteiger partial charge < -0.3 is 0 Å². The second-order valence-electron chi connectivity index (χ2n) is 3.55. The Morgan fingerprint density at radius 3 is 2.81 bits per heavy atom. The van der Waals surface area contributed by atoms with Gasteiger partial charge in [-0.1, -0.05) is 0 Å². The molecule has 0 saturated heterocycles. The second kappa shape index (κ2) is 6.69. The van der Waals surface area contributed by atoms with E-state index in [1.54, 1.807) is 0 Å². The standard InChI is InChI=1S/C10H15BIN2OP/c1-7-4-9(16(11)12)5-8(10(7)15)6-14-3-2-13/h4-5,14-15H,2-3,6,13H2,1H3. The van der Waals surface area contributed by atoms with E-state index in [2.05, 4.69) is 27.4 Å². The van der Waals surface area contributed by atoms with E-state index in [1.807, 2.05) is 19.1 Å². The average Bonchev–Trinajstić information content (AvgIpc) is 2.24. The third-order valence-corrected chi connectivity index (χ3v) is 4.67. The Balaban J connectivity index is 2.94. The van der Waals surface area contributed by atoms with Crippen LogP contribution in [-0.4, -0.2) is 25.2 Å². The number of aryl methyl sites for hydroxylation is 1. The molecule has 0 radical (unpaired) electrons. The number of benzene rings is 1. The number of aromatic hydroxyl groups is 1. The van der Waals surface area contributed by atoms with Crippen LogP contribution in [0.5, 0.6) is 5.75 Å². The number of phenolic OH excluding ortho intramolecular Hbond substituents is 1. The van der Waals surface area contributed by atoms with Gasteiger partial charge in [0.25, 0.3) is 0 Å². The van der Waals surface area contributed by atoms with Crippen LogP contribution in [0.15, 0.2) is 12.1 Å². The maximum absolute atomic E-state index is 9.90. The Bertz CT molecular complexity index is 444. The average molecular weight is 348 g/mol. The van der Waals surface area contributed by atoms with E-state index in [1.165, 1.54) is 0 Å². The molecule has 1 atom stereocenters. The maximum atomic E-state index is 9.90. The van der Waals surface area contributed by atoms with Crippen molar-refractivity contribution in [2.75, 3.05) is 13.1 Å². The number of nitrogens with two attached hydrogens (primary N) is 1. The molecule has 4 N–H and O–H groups in total. The fourth-order valence-corrected chi connectivity index (χ4v) is 2.85. The van der Waals surface area contributed by atoms with Gasteiger partial charge in [0.1, 0.15) is 0 Å². The summed E-state index contributed by atoms with van der Waals surface area (Å²) in [5.41, 5.74) is 7.15. The van der Waals surface area contributed by atoms with Gasteiger partial charge in [0.2, 0.25) is 0 Å². The molecule has 1 unspecified atom stereocenters. The molecule has 0 aliphatic carbocycles. The molecular weight excluding hydrogens is 333 g/mol. The van der Waals surface area contributed by atoms with Crippen molar-refractivity contribution in [1.29, 1.82) is 0 Å². The first-order chi connectivity index (χ1) is 7.56. The van der Waals surface area contributed by atoms with Crippen LogP contribution in [0, 0.1) is 6.92 Å². The molecule has 0 bridgehead atoms. The molecule has 3 nitrogen and oxygen atoms in total. The molecule has 0 saturated carbocycles. The molecule has 86 valence electrons. The molecule has 0 aliphatic heterocycles. The van der Waals surface area contributed by atoms with Crippen LogP contribution < -0.4 is 16.4 Å². The SMILES string of the molecule is B#P(I)c1cc(C)c(O)c(CNCCN)c1. The van der Waals surface area contributed by atoms with Crippen LogP contribution in [0.25, 0.3) is 0 Å². The Labute approximate surface area is 111 Å². The third kappa shape index (κ3) is 3.80. The van der Waals surface area contributed by atoms with Crippen molar-refractivity contribution in [2.24, 2.45) is 5.73 Å². The Kier molecular flexibility index (Phi) is 5.90. The van der Waals surface area contributed by atoms with Crippen molar-refractivity contribution in [3.05, 3.63) is 23.3 Å². The predicted molar refractivity (Wildman–Crippen MR) is 79.9 cm³/mol. The quantitative estimate of drug-likeness (QED) is 0.333. The van der Waals surface area contributed by atoms with Crippen molar-refractivity contribution in [3.63, 3.8) is 0 Å². The molecule has 0 aliphatic rings. The molecule has 0 spiro atoms. The van der Waals surface area contributed by atoms with Gasteiger partial charge in [0.05, 0.1) is 0 Å². The van der Waals surface area contributed by atoms with Gasteiger partial charge in [-0.2, -0.15) is 0 Å². The molecule has 1 aromatic rings. The zero-order valence-electron chi connectivity index (χ0n) is 9.20. The number of hydrogen-bond donors (Lipinski definition) is 3. The fraction of sp³-hybridized carbons (Fsp3) is 0.400. The van der Waals surface area contributed by atoms with Gasteiger partial charge >= 0.3 is 111 Å². The number of rotatable bonds is 4. The van der Waals surface area contributed by atoms with Gasteiger partial charge in [-0.15, -0.1) is 0 Å². The molecule has 0 amide bonds. The first kappa shape index (κ1) is 14.1. The number of hydrogen-bond acceptors (Lipinski definition) is 3. The van der Waals surface area contributed by atoms with Crippen molar-refractivity contribution in [3.8, 4) is 5.75 Å². The van der Waals surface area contributed by atoms with Crippen LogP contribution in [-0.2, 0) is 6.54 Å². The second-order valence-corrected chi connectivity index (χ2v) is 7.80. The van der Waals surface area contributed by atoms with E-state index in [0.29, 0.717) is 18.8 Å². The summed E-state index contributed by atoms with van der Waals surface area (Å²) in [6.45, 7) is 3.85. The van der Waals surface area contributed by atoms with Crippen LogP contribution >= 0.6 is 26.9 Å². The van der Waals surface area contributed by atoms with Crippen molar-refractivity contribution >= 4 is 39.2 Å². The number of nitrogens with one attached hydrogen (secondary N) is 1. The molecule has 0 fully saturated rings. The van der Waals surface area contributed by atoms with Crippen molar-refractivity contribution in [2.45, 2.75) is 13.5 Å². The summed E-state index contributed by atoms with van der Waals surface area (Å²) in [5.74, 6) is 0.349. The number of phenols is 1. The summed E-state index contributed by atoms with van der Waals surface area (Å²) in [6, 6.07) is 3.91. The first-order valence-electron chi connectivity index (χ1n) is 5.00. The molecule has 16 heavy (non-hydrogen) atoms. The van der Waals surface area contributed by atoms with Gasteiger partial charge in [-0.3, -0.25) is 0 Å². The van der Waals surface area contributed by atoms with E-state index in [4.69, 9.17) is 12.7 Å². The van der Waals surface area contributed by atoms with Crippen LogP contribution in [0.3, 0.4) is 0 Å². The van der Waals surface area contributed by atoms with E-state index in [9.17, 15) is 5.11 Å². The third-order valence-electron chi connectivity index (χ3n) is 2.25. The van der Waals surface area contributed by atoms with E-state index >= 15 is 0 Å². The summed E-state index contributed by atoms with van der Waals surface area (Å²) in [6.07, 6.45) is 0. The molecule has 6 heteroatoms. The molecule has 1 rings (SSSR count). The topological polar surface area (TPSA) is 58.3 Å². The van der Waals surface area contributed by atoms with Gasteiger partial charge in [0.15, 0.2) is 0 Å². The Morgan fingerprint density at radius 1 is 1.56 bits per heavy atom. The molecule has 0 aromatic heterocycles. The summed E-state index contributed by atoms with van der Waals surface area (Å²) < 4.78 is 0. The fourth-order valence-electron chi connectivity index (χ4n) is 1.42. The van der Waals surface area contributed by atoms with Gasteiger partial charge in [-0.05, 0) is 0 Å². The number of halogens is 1. The Hall–Kier alpha value is 0.0349. The van der Waals surface area contributed by atoms with Crippen molar-refractivity contribution in [1.82, 2.24) is 5.32 Å². The first-order valence-corrected chi connectivity index (χ1v) is 9.19. The Morgan fingerprint density at radius 2 is 2.25 bits per heavy atom. The molecular formula is C10H15BIN2OP. The summed E-state index contributed by atoms with van der Waals surface area (Å²) in [4.78, 5) is -0.653. The zero-order chi connectivity index (χ0) is 12.1. The monoisotopic (exact) mass is 348 g/mol. The normalized spacial score (nSPS) is 11.7. The van der Waals surface area contributed by atoms with Gasteiger partial charge in [-0.25, -0.2) is 0 Å². The van der Waals surface area contributed by atoms with Crippen LogP contribution in [0.2, 0.25) is 0 Å². The minimum atomic E-state index is -0.653. The molecule has 0 heterocycles. The van der Waals surface area contributed by atoms with E-state index in [0.717, 1.165) is 23.0 Å². The van der Waals surface area contributed by atoms with Gasteiger partial charge in [0, 0.05) is 0 Å².